The highest BCUT2D eigenvalue weighted by Crippen LogP contribution is 2.38. The molecule has 1 saturated heterocycles. The largest absolute Gasteiger partial charge is 0.494 e. The van der Waals surface area contributed by atoms with Crippen LogP contribution in [-0.2, 0) is 0 Å². The molecule has 1 fully saturated rings. The van der Waals surface area contributed by atoms with E-state index in [0.29, 0.717) is 17.4 Å². The molecule has 2 aromatic rings. The molecule has 0 bridgehead atoms. The fraction of sp³-hybridized carbons (Fsp3) is 0.350. The molecular formula is C20H22ClNO2S. The third-order valence-corrected chi connectivity index (χ3v) is 5.95. The van der Waals surface area contributed by atoms with Gasteiger partial charge in [-0.25, -0.2) is 0 Å². The van der Waals surface area contributed by atoms with Gasteiger partial charge in [-0.05, 0) is 49.2 Å². The first kappa shape index (κ1) is 18.2. The molecule has 0 aromatic heterocycles. The van der Waals surface area contributed by atoms with Gasteiger partial charge in [-0.2, -0.15) is 11.8 Å². The number of thioether (sulfide) groups is 1. The van der Waals surface area contributed by atoms with Crippen molar-refractivity contribution in [1.82, 2.24) is 4.90 Å². The van der Waals surface area contributed by atoms with Crippen LogP contribution in [0.25, 0.3) is 0 Å². The predicted octanol–water partition coefficient (Wildman–Crippen LogP) is 5.06. The number of rotatable bonds is 4. The van der Waals surface area contributed by atoms with Crippen LogP contribution in [0, 0.1) is 0 Å². The van der Waals surface area contributed by atoms with Crippen LogP contribution in [0.2, 0.25) is 5.02 Å². The third-order valence-electron chi connectivity index (χ3n) is 4.29. The van der Waals surface area contributed by atoms with Crippen molar-refractivity contribution in [3.8, 4) is 5.75 Å². The molecule has 25 heavy (non-hydrogen) atoms. The van der Waals surface area contributed by atoms with Crippen LogP contribution in [0.3, 0.4) is 0 Å². The van der Waals surface area contributed by atoms with Gasteiger partial charge in [0.2, 0.25) is 0 Å². The molecule has 1 aliphatic heterocycles. The number of benzene rings is 2. The third kappa shape index (κ3) is 4.50. The van der Waals surface area contributed by atoms with E-state index >= 15 is 0 Å². The molecule has 0 aliphatic carbocycles. The highest BCUT2D eigenvalue weighted by molar-refractivity contribution is 7.99. The Bertz CT molecular complexity index is 720. The van der Waals surface area contributed by atoms with E-state index in [1.54, 1.807) is 0 Å². The van der Waals surface area contributed by atoms with Gasteiger partial charge in [0.05, 0.1) is 6.61 Å². The summed E-state index contributed by atoms with van der Waals surface area (Å²) >= 11 is 8.22. The monoisotopic (exact) mass is 375 g/mol. The number of hydrogen-bond donors (Lipinski definition) is 0. The standard InChI is InChI=1S/C20H22ClNO2S/c1-2-24-16-9-7-15(8-10-16)20(23)22-12-11-19(25-14-13-22)17-5-3-4-6-18(17)21/h3-10,19H,2,11-14H2,1H3. The van der Waals surface area contributed by atoms with Gasteiger partial charge in [0.1, 0.15) is 5.75 Å². The minimum atomic E-state index is 0.0865. The van der Waals surface area contributed by atoms with Crippen molar-refractivity contribution in [3.05, 3.63) is 64.7 Å². The second-order valence-electron chi connectivity index (χ2n) is 5.92. The molecule has 0 saturated carbocycles. The SMILES string of the molecule is CCOc1ccc(C(=O)N2CCSC(c3ccccc3Cl)CC2)cc1. The molecule has 2 aromatic carbocycles. The molecule has 0 radical (unpaired) electrons. The van der Waals surface area contributed by atoms with Crippen LogP contribution in [-0.4, -0.2) is 36.3 Å². The Kier molecular flexibility index (Phi) is 6.27. The molecule has 0 N–H and O–H groups in total. The number of nitrogens with zero attached hydrogens (tertiary/aromatic N) is 1. The second kappa shape index (κ2) is 8.63. The fourth-order valence-electron chi connectivity index (χ4n) is 3.00. The summed E-state index contributed by atoms with van der Waals surface area (Å²) in [5.41, 5.74) is 1.88. The molecule has 1 aliphatic rings. The average molecular weight is 376 g/mol. The Labute approximate surface area is 158 Å². The van der Waals surface area contributed by atoms with Crippen molar-refractivity contribution in [1.29, 1.82) is 0 Å². The van der Waals surface area contributed by atoms with E-state index in [1.807, 2.05) is 66.1 Å². The average Bonchev–Trinajstić information content (AvgIpc) is 2.88. The minimum absolute atomic E-state index is 0.0865. The van der Waals surface area contributed by atoms with E-state index in [2.05, 4.69) is 6.07 Å². The Morgan fingerprint density at radius 3 is 2.68 bits per heavy atom. The maximum absolute atomic E-state index is 12.8. The van der Waals surface area contributed by atoms with E-state index in [1.165, 1.54) is 5.56 Å². The number of amides is 1. The summed E-state index contributed by atoms with van der Waals surface area (Å²) < 4.78 is 5.44. The minimum Gasteiger partial charge on any atom is -0.494 e. The van der Waals surface area contributed by atoms with Gasteiger partial charge in [0.25, 0.3) is 5.91 Å². The summed E-state index contributed by atoms with van der Waals surface area (Å²) in [7, 11) is 0. The summed E-state index contributed by atoms with van der Waals surface area (Å²) in [6, 6.07) is 15.4. The van der Waals surface area contributed by atoms with Crippen LogP contribution in [0.15, 0.2) is 48.5 Å². The summed E-state index contributed by atoms with van der Waals surface area (Å²) in [5, 5.41) is 1.15. The maximum Gasteiger partial charge on any atom is 0.253 e. The maximum atomic E-state index is 12.8. The van der Waals surface area contributed by atoms with Crippen molar-refractivity contribution < 1.29 is 9.53 Å². The molecule has 5 heteroatoms. The van der Waals surface area contributed by atoms with Gasteiger partial charge >= 0.3 is 0 Å². The lowest BCUT2D eigenvalue weighted by Crippen LogP contribution is -2.32. The lowest BCUT2D eigenvalue weighted by atomic mass is 10.1. The molecular weight excluding hydrogens is 354 g/mol. The zero-order chi connectivity index (χ0) is 17.6. The van der Waals surface area contributed by atoms with Crippen LogP contribution < -0.4 is 4.74 Å². The molecule has 1 unspecified atom stereocenters. The van der Waals surface area contributed by atoms with Crippen molar-refractivity contribution >= 4 is 29.3 Å². The van der Waals surface area contributed by atoms with Crippen molar-refractivity contribution in [2.24, 2.45) is 0 Å². The fourth-order valence-corrected chi connectivity index (χ4v) is 4.60. The normalized spacial score (nSPS) is 17.8. The molecule has 0 spiro atoms. The first-order chi connectivity index (χ1) is 12.2. The predicted molar refractivity (Wildman–Crippen MR) is 105 cm³/mol. The molecule has 1 heterocycles. The molecule has 1 amide bonds. The summed E-state index contributed by atoms with van der Waals surface area (Å²) in [4.78, 5) is 14.7. The van der Waals surface area contributed by atoms with Gasteiger partial charge in [0, 0.05) is 34.7 Å². The first-order valence-corrected chi connectivity index (χ1v) is 10.00. The summed E-state index contributed by atoms with van der Waals surface area (Å²) in [6.45, 7) is 4.08. The lowest BCUT2D eigenvalue weighted by Gasteiger charge is -2.20. The number of ether oxygens (including phenoxy) is 1. The topological polar surface area (TPSA) is 29.5 Å². The zero-order valence-corrected chi connectivity index (χ0v) is 15.9. The number of carbonyl (C=O) groups excluding carboxylic acids is 1. The van der Waals surface area contributed by atoms with Crippen LogP contribution in [0.4, 0.5) is 0 Å². The van der Waals surface area contributed by atoms with Gasteiger partial charge in [-0.15, -0.1) is 0 Å². The number of carbonyl (C=O) groups is 1. The molecule has 3 nitrogen and oxygen atoms in total. The quantitative estimate of drug-likeness (QED) is 0.748. The highest BCUT2D eigenvalue weighted by atomic mass is 35.5. The molecule has 1 atom stereocenters. The smallest absolute Gasteiger partial charge is 0.253 e. The Morgan fingerprint density at radius 1 is 1.20 bits per heavy atom. The zero-order valence-electron chi connectivity index (χ0n) is 14.3. The van der Waals surface area contributed by atoms with Gasteiger partial charge < -0.3 is 9.64 Å². The van der Waals surface area contributed by atoms with Crippen molar-refractivity contribution in [3.63, 3.8) is 0 Å². The molecule has 132 valence electrons. The first-order valence-electron chi connectivity index (χ1n) is 8.57. The Hall–Kier alpha value is -1.65. The lowest BCUT2D eigenvalue weighted by molar-refractivity contribution is 0.0766. The van der Waals surface area contributed by atoms with Crippen molar-refractivity contribution in [2.45, 2.75) is 18.6 Å². The number of hydrogen-bond acceptors (Lipinski definition) is 3. The second-order valence-corrected chi connectivity index (χ2v) is 7.64. The van der Waals surface area contributed by atoms with Crippen molar-refractivity contribution in [2.75, 3.05) is 25.4 Å². The highest BCUT2D eigenvalue weighted by Gasteiger charge is 2.24. The summed E-state index contributed by atoms with van der Waals surface area (Å²) in [6.07, 6.45) is 0.914. The Balaban J connectivity index is 1.66. The number of halogens is 1. The van der Waals surface area contributed by atoms with Crippen LogP contribution in [0.1, 0.15) is 34.5 Å². The summed E-state index contributed by atoms with van der Waals surface area (Å²) in [5.74, 6) is 1.80. The van der Waals surface area contributed by atoms with E-state index in [0.717, 1.165) is 36.0 Å². The van der Waals surface area contributed by atoms with Gasteiger partial charge in [0.15, 0.2) is 0 Å². The van der Waals surface area contributed by atoms with Crippen LogP contribution >= 0.6 is 23.4 Å². The van der Waals surface area contributed by atoms with E-state index < -0.39 is 0 Å². The molecule has 3 rings (SSSR count). The van der Waals surface area contributed by atoms with E-state index in [4.69, 9.17) is 16.3 Å². The van der Waals surface area contributed by atoms with E-state index in [9.17, 15) is 4.79 Å². The van der Waals surface area contributed by atoms with Crippen LogP contribution in [0.5, 0.6) is 5.75 Å². The Morgan fingerprint density at radius 2 is 1.96 bits per heavy atom. The van der Waals surface area contributed by atoms with Gasteiger partial charge in [-0.3, -0.25) is 4.79 Å². The van der Waals surface area contributed by atoms with Gasteiger partial charge in [-0.1, -0.05) is 29.8 Å². The van der Waals surface area contributed by atoms with E-state index in [-0.39, 0.29) is 5.91 Å².